The molecule has 1 rings (SSSR count). The maximum absolute atomic E-state index is 13.0. The second-order valence-electron chi connectivity index (χ2n) is 3.90. The van der Waals surface area contributed by atoms with Gasteiger partial charge in [-0.1, -0.05) is 12.2 Å². The van der Waals surface area contributed by atoms with Gasteiger partial charge < -0.3 is 5.73 Å². The summed E-state index contributed by atoms with van der Waals surface area (Å²) in [7, 11) is -2.21. The van der Waals surface area contributed by atoms with Crippen molar-refractivity contribution in [2.75, 3.05) is 19.3 Å². The van der Waals surface area contributed by atoms with Gasteiger partial charge in [-0.2, -0.15) is 4.31 Å². The Hall–Kier alpha value is -1.40. The van der Waals surface area contributed by atoms with E-state index in [1.54, 1.807) is 6.92 Å². The highest BCUT2D eigenvalue weighted by Gasteiger charge is 2.21. The Morgan fingerprint density at radius 1 is 1.53 bits per heavy atom. The normalized spacial score (nSPS) is 11.8. The average Bonchev–Trinajstić information content (AvgIpc) is 2.20. The lowest BCUT2D eigenvalue weighted by atomic mass is 10.3. The number of nitrogens with zero attached hydrogens (tertiary/aromatic N) is 1. The average molecular weight is 258 g/mol. The van der Waals surface area contributed by atoms with E-state index in [1.165, 1.54) is 13.1 Å². The minimum absolute atomic E-state index is 0.0276. The van der Waals surface area contributed by atoms with Gasteiger partial charge in [0.15, 0.2) is 0 Å². The molecule has 0 bridgehead atoms. The van der Waals surface area contributed by atoms with Gasteiger partial charge in [0.25, 0.3) is 0 Å². The van der Waals surface area contributed by atoms with Crippen molar-refractivity contribution in [2.24, 2.45) is 0 Å². The number of nitrogen functional groups attached to an aromatic ring is 1. The van der Waals surface area contributed by atoms with Crippen molar-refractivity contribution in [2.45, 2.75) is 11.8 Å². The molecule has 4 nitrogen and oxygen atoms in total. The van der Waals surface area contributed by atoms with Crippen molar-refractivity contribution in [1.82, 2.24) is 4.31 Å². The first-order chi connectivity index (χ1) is 7.75. The van der Waals surface area contributed by atoms with Gasteiger partial charge in [-0.3, -0.25) is 0 Å². The van der Waals surface area contributed by atoms with Crippen LogP contribution in [0.15, 0.2) is 35.2 Å². The van der Waals surface area contributed by atoms with Gasteiger partial charge in [0.1, 0.15) is 5.82 Å². The predicted octanol–water partition coefficient (Wildman–Crippen LogP) is 1.60. The van der Waals surface area contributed by atoms with Crippen LogP contribution in [0.4, 0.5) is 10.1 Å². The molecule has 0 unspecified atom stereocenters. The van der Waals surface area contributed by atoms with Crippen LogP contribution in [0.3, 0.4) is 0 Å². The van der Waals surface area contributed by atoms with E-state index in [2.05, 4.69) is 6.58 Å². The Morgan fingerprint density at radius 3 is 2.59 bits per heavy atom. The fourth-order valence-electron chi connectivity index (χ4n) is 1.33. The van der Waals surface area contributed by atoms with Crippen molar-refractivity contribution >= 4 is 15.7 Å². The van der Waals surface area contributed by atoms with Crippen LogP contribution in [0.2, 0.25) is 0 Å². The largest absolute Gasteiger partial charge is 0.396 e. The molecule has 0 amide bonds. The number of hydrogen-bond donors (Lipinski definition) is 1. The zero-order chi connectivity index (χ0) is 13.2. The highest BCUT2D eigenvalue weighted by molar-refractivity contribution is 7.89. The quantitative estimate of drug-likeness (QED) is 0.659. The topological polar surface area (TPSA) is 63.4 Å². The first kappa shape index (κ1) is 13.7. The van der Waals surface area contributed by atoms with E-state index in [4.69, 9.17) is 5.73 Å². The van der Waals surface area contributed by atoms with Crippen LogP contribution < -0.4 is 5.73 Å². The molecule has 0 heterocycles. The lowest BCUT2D eigenvalue weighted by Gasteiger charge is -2.17. The molecule has 0 aromatic heterocycles. The molecule has 6 heteroatoms. The number of likely N-dealkylation sites (N-methyl/N-ethyl adjacent to an activating group) is 1. The summed E-state index contributed by atoms with van der Waals surface area (Å²) >= 11 is 0. The second kappa shape index (κ2) is 4.85. The monoisotopic (exact) mass is 258 g/mol. The van der Waals surface area contributed by atoms with E-state index in [0.29, 0.717) is 5.57 Å². The van der Waals surface area contributed by atoms with E-state index in [1.807, 2.05) is 0 Å². The lowest BCUT2D eigenvalue weighted by molar-refractivity contribution is 0.493. The van der Waals surface area contributed by atoms with Crippen LogP contribution >= 0.6 is 0 Å². The molecular formula is C11H15FN2O2S. The Morgan fingerprint density at radius 2 is 2.12 bits per heavy atom. The van der Waals surface area contributed by atoms with Crippen molar-refractivity contribution < 1.29 is 12.8 Å². The third kappa shape index (κ3) is 3.04. The summed E-state index contributed by atoms with van der Waals surface area (Å²) in [4.78, 5) is -0.0276. The van der Waals surface area contributed by atoms with Crippen molar-refractivity contribution in [1.29, 1.82) is 0 Å². The van der Waals surface area contributed by atoms with Crippen molar-refractivity contribution in [3.63, 3.8) is 0 Å². The molecule has 94 valence electrons. The van der Waals surface area contributed by atoms with Crippen LogP contribution in [-0.2, 0) is 10.0 Å². The fraction of sp³-hybridized carbons (Fsp3) is 0.273. The molecule has 2 N–H and O–H groups in total. The summed E-state index contributed by atoms with van der Waals surface area (Å²) in [6.07, 6.45) is 0. The van der Waals surface area contributed by atoms with Gasteiger partial charge in [0.2, 0.25) is 10.0 Å². The Labute approximate surface area is 101 Å². The minimum Gasteiger partial charge on any atom is -0.396 e. The molecule has 0 fully saturated rings. The van der Waals surface area contributed by atoms with Gasteiger partial charge in [-0.15, -0.1) is 0 Å². The van der Waals surface area contributed by atoms with Crippen molar-refractivity contribution in [3.8, 4) is 0 Å². The van der Waals surface area contributed by atoms with Gasteiger partial charge in [-0.25, -0.2) is 12.8 Å². The molecule has 0 saturated carbocycles. The summed E-state index contributed by atoms with van der Waals surface area (Å²) in [6, 6.07) is 3.34. The molecule has 0 radical (unpaired) electrons. The third-order valence-corrected chi connectivity index (χ3v) is 3.97. The Balaban J connectivity index is 3.13. The summed E-state index contributed by atoms with van der Waals surface area (Å²) in [5.41, 5.74) is 5.87. The second-order valence-corrected chi connectivity index (χ2v) is 5.95. The first-order valence-electron chi connectivity index (χ1n) is 4.91. The van der Waals surface area contributed by atoms with E-state index in [9.17, 15) is 12.8 Å². The Kier molecular flexibility index (Phi) is 3.90. The molecule has 0 aliphatic rings. The fourth-order valence-corrected chi connectivity index (χ4v) is 2.59. The van der Waals surface area contributed by atoms with Gasteiger partial charge in [0.05, 0.1) is 10.6 Å². The van der Waals surface area contributed by atoms with E-state index in [-0.39, 0.29) is 17.1 Å². The lowest BCUT2D eigenvalue weighted by Crippen LogP contribution is -2.28. The highest BCUT2D eigenvalue weighted by Crippen LogP contribution is 2.19. The maximum atomic E-state index is 13.0. The molecule has 17 heavy (non-hydrogen) atoms. The molecule has 1 aromatic rings. The molecule has 0 aliphatic carbocycles. The van der Waals surface area contributed by atoms with Crippen LogP contribution in [0.1, 0.15) is 6.92 Å². The molecule has 0 aliphatic heterocycles. The molecule has 0 spiro atoms. The van der Waals surface area contributed by atoms with E-state index in [0.717, 1.165) is 16.4 Å². The standard InChI is InChI=1S/C11H15FN2O2S/c1-8(2)7-14(3)17(15,16)9-4-5-10(12)11(13)6-9/h4-6H,1,7,13H2,2-3H3. The number of sulfonamides is 1. The van der Waals surface area contributed by atoms with Gasteiger partial charge >= 0.3 is 0 Å². The predicted molar refractivity (Wildman–Crippen MR) is 65.4 cm³/mol. The number of hydrogen-bond acceptors (Lipinski definition) is 3. The number of anilines is 1. The maximum Gasteiger partial charge on any atom is 0.243 e. The summed E-state index contributed by atoms with van der Waals surface area (Å²) < 4.78 is 38.2. The Bertz CT molecular complexity index is 540. The highest BCUT2D eigenvalue weighted by atomic mass is 32.2. The first-order valence-corrected chi connectivity index (χ1v) is 6.35. The number of rotatable bonds is 4. The number of benzene rings is 1. The zero-order valence-corrected chi connectivity index (χ0v) is 10.6. The minimum atomic E-state index is -3.65. The van der Waals surface area contributed by atoms with Gasteiger partial charge in [-0.05, 0) is 25.1 Å². The molecule has 1 aromatic carbocycles. The summed E-state index contributed by atoms with van der Waals surface area (Å²) in [5.74, 6) is -0.633. The van der Waals surface area contributed by atoms with Crippen LogP contribution in [0.25, 0.3) is 0 Å². The number of nitrogens with two attached hydrogens (primary N) is 1. The summed E-state index contributed by atoms with van der Waals surface area (Å²) in [5, 5.41) is 0. The van der Waals surface area contributed by atoms with Crippen LogP contribution in [0, 0.1) is 5.82 Å². The van der Waals surface area contributed by atoms with Gasteiger partial charge in [0, 0.05) is 13.6 Å². The van der Waals surface area contributed by atoms with Crippen LogP contribution in [0.5, 0.6) is 0 Å². The smallest absolute Gasteiger partial charge is 0.243 e. The SMILES string of the molecule is C=C(C)CN(C)S(=O)(=O)c1ccc(F)c(N)c1. The van der Waals surface area contributed by atoms with E-state index < -0.39 is 15.8 Å². The molecule has 0 atom stereocenters. The van der Waals surface area contributed by atoms with Crippen LogP contribution in [-0.4, -0.2) is 26.3 Å². The third-order valence-electron chi connectivity index (χ3n) is 2.17. The van der Waals surface area contributed by atoms with Crippen molar-refractivity contribution in [3.05, 3.63) is 36.2 Å². The zero-order valence-electron chi connectivity index (χ0n) is 9.77. The number of halogens is 1. The van der Waals surface area contributed by atoms with E-state index >= 15 is 0 Å². The molecule has 0 saturated heterocycles. The molecular weight excluding hydrogens is 243 g/mol. The summed E-state index contributed by atoms with van der Waals surface area (Å²) in [6.45, 7) is 5.58.